The lowest BCUT2D eigenvalue weighted by molar-refractivity contribution is -0.704. The van der Waals surface area contributed by atoms with Crippen LogP contribution in [-0.4, -0.2) is 4.57 Å². The van der Waals surface area contributed by atoms with Gasteiger partial charge in [0.2, 0.25) is 0 Å². The fourth-order valence-corrected chi connectivity index (χ4v) is 8.27. The quantitative estimate of drug-likeness (QED) is 0.0471. The molecular formula is C49H97N2+. The van der Waals surface area contributed by atoms with E-state index in [1.807, 2.05) is 0 Å². The van der Waals surface area contributed by atoms with E-state index in [-0.39, 0.29) is 0 Å². The Hall–Kier alpha value is -0.790. The molecular weight excluding hydrogens is 617 g/mol. The van der Waals surface area contributed by atoms with Crippen LogP contribution in [0.2, 0.25) is 0 Å². The first-order valence-electron chi connectivity index (χ1n) is 24.4. The molecule has 0 saturated heterocycles. The molecule has 1 aromatic heterocycles. The maximum atomic E-state index is 2.65. The van der Waals surface area contributed by atoms with Gasteiger partial charge in [0.25, 0.3) is 5.82 Å². The molecule has 0 spiro atoms. The number of nitrogens with zero attached hydrogens (tertiary/aromatic N) is 2. The fourth-order valence-electron chi connectivity index (χ4n) is 8.27. The highest BCUT2D eigenvalue weighted by Crippen LogP contribution is 2.17. The molecule has 0 N–H and O–H groups in total. The molecule has 1 heterocycles. The molecule has 0 aromatic carbocycles. The molecule has 1 rings (SSSR count). The second kappa shape index (κ2) is 40.4. The summed E-state index contributed by atoms with van der Waals surface area (Å²) in [5, 5.41) is 0. The van der Waals surface area contributed by atoms with Crippen molar-refractivity contribution in [2.45, 2.75) is 297 Å². The van der Waals surface area contributed by atoms with Gasteiger partial charge in [-0.2, -0.15) is 0 Å². The number of unbranched alkanes of at least 4 members (excludes halogenated alkanes) is 37. The van der Waals surface area contributed by atoms with Gasteiger partial charge in [-0.3, -0.25) is 0 Å². The SMILES string of the molecule is CCCCCCCCCCCCCCCCCCC[n+]1ccn(CCCCCCCCCCCCCC)c1CCCCCCCCCCCCC. The number of hydrogen-bond acceptors (Lipinski definition) is 0. The van der Waals surface area contributed by atoms with E-state index in [1.54, 1.807) is 5.82 Å². The van der Waals surface area contributed by atoms with Crippen molar-refractivity contribution in [1.29, 1.82) is 0 Å². The van der Waals surface area contributed by atoms with Crippen molar-refractivity contribution in [2.24, 2.45) is 0 Å². The predicted molar refractivity (Wildman–Crippen MR) is 230 cm³/mol. The molecule has 0 radical (unpaired) electrons. The summed E-state index contributed by atoms with van der Waals surface area (Å²) in [7, 11) is 0. The van der Waals surface area contributed by atoms with Gasteiger partial charge in [-0.25, -0.2) is 9.13 Å². The Balaban J connectivity index is 2.24. The van der Waals surface area contributed by atoms with Crippen LogP contribution in [0.25, 0.3) is 0 Å². The van der Waals surface area contributed by atoms with Gasteiger partial charge >= 0.3 is 0 Å². The van der Waals surface area contributed by atoms with E-state index in [9.17, 15) is 0 Å². The Kier molecular flexibility index (Phi) is 38.2. The van der Waals surface area contributed by atoms with E-state index in [4.69, 9.17) is 0 Å². The van der Waals surface area contributed by atoms with Crippen molar-refractivity contribution in [1.82, 2.24) is 4.57 Å². The monoisotopic (exact) mass is 714 g/mol. The normalized spacial score (nSPS) is 11.7. The fraction of sp³-hybridized carbons (Fsp3) is 0.939. The summed E-state index contributed by atoms with van der Waals surface area (Å²) in [6.45, 7) is 9.42. The minimum atomic E-state index is 1.23. The number of hydrogen-bond donors (Lipinski definition) is 0. The molecule has 0 atom stereocenters. The molecule has 0 aliphatic heterocycles. The van der Waals surface area contributed by atoms with Gasteiger partial charge in [0.05, 0.1) is 13.1 Å². The second-order valence-corrected chi connectivity index (χ2v) is 16.9. The van der Waals surface area contributed by atoms with Gasteiger partial charge in [-0.15, -0.1) is 0 Å². The van der Waals surface area contributed by atoms with Crippen molar-refractivity contribution in [3.8, 4) is 0 Å². The van der Waals surface area contributed by atoms with E-state index >= 15 is 0 Å². The van der Waals surface area contributed by atoms with Gasteiger partial charge in [0.1, 0.15) is 12.4 Å². The van der Waals surface area contributed by atoms with E-state index in [1.165, 1.54) is 276 Å². The minimum Gasteiger partial charge on any atom is -0.234 e. The summed E-state index contributed by atoms with van der Waals surface area (Å²) in [4.78, 5) is 0. The van der Waals surface area contributed by atoms with Crippen LogP contribution in [-0.2, 0) is 19.5 Å². The zero-order valence-corrected chi connectivity index (χ0v) is 36.0. The summed E-state index contributed by atoms with van der Waals surface area (Å²) in [6.07, 6.45) is 63.8. The molecule has 0 bridgehead atoms. The summed E-state index contributed by atoms with van der Waals surface area (Å²) in [6, 6.07) is 0. The maximum Gasteiger partial charge on any atom is 0.256 e. The maximum absolute atomic E-state index is 2.65. The van der Waals surface area contributed by atoms with Crippen LogP contribution >= 0.6 is 0 Å². The van der Waals surface area contributed by atoms with E-state index in [0.29, 0.717) is 0 Å². The Morgan fingerprint density at radius 1 is 0.333 bits per heavy atom. The van der Waals surface area contributed by atoms with Crippen molar-refractivity contribution >= 4 is 0 Å². The first kappa shape index (κ1) is 48.2. The summed E-state index contributed by atoms with van der Waals surface area (Å²) < 4.78 is 5.31. The average Bonchev–Trinajstić information content (AvgIpc) is 3.53. The first-order chi connectivity index (χ1) is 25.3. The largest absolute Gasteiger partial charge is 0.256 e. The van der Waals surface area contributed by atoms with Crippen molar-refractivity contribution < 1.29 is 4.57 Å². The molecule has 0 fully saturated rings. The Bertz CT molecular complexity index is 781. The van der Waals surface area contributed by atoms with E-state index < -0.39 is 0 Å². The van der Waals surface area contributed by atoms with Crippen molar-refractivity contribution in [3.05, 3.63) is 18.2 Å². The molecule has 2 heteroatoms. The van der Waals surface area contributed by atoms with Gasteiger partial charge in [-0.1, -0.05) is 245 Å². The lowest BCUT2D eigenvalue weighted by Crippen LogP contribution is -2.37. The van der Waals surface area contributed by atoms with Gasteiger partial charge < -0.3 is 0 Å². The highest BCUT2D eigenvalue weighted by Gasteiger charge is 2.16. The highest BCUT2D eigenvalue weighted by atomic mass is 15.1. The number of aromatic nitrogens is 2. The minimum absolute atomic E-state index is 1.23. The van der Waals surface area contributed by atoms with Crippen LogP contribution in [0.3, 0.4) is 0 Å². The molecule has 2 nitrogen and oxygen atoms in total. The van der Waals surface area contributed by atoms with E-state index in [0.717, 1.165) is 0 Å². The van der Waals surface area contributed by atoms with Gasteiger partial charge in [0.15, 0.2) is 0 Å². The second-order valence-electron chi connectivity index (χ2n) is 16.9. The molecule has 1 aromatic rings. The van der Waals surface area contributed by atoms with E-state index in [2.05, 4.69) is 42.3 Å². The average molecular weight is 714 g/mol. The van der Waals surface area contributed by atoms with Crippen LogP contribution in [0.5, 0.6) is 0 Å². The Morgan fingerprint density at radius 3 is 0.941 bits per heavy atom. The van der Waals surface area contributed by atoms with Crippen LogP contribution in [0, 0.1) is 0 Å². The summed E-state index contributed by atoms with van der Waals surface area (Å²) in [5.74, 6) is 1.63. The first-order valence-corrected chi connectivity index (χ1v) is 24.4. The number of rotatable bonds is 43. The van der Waals surface area contributed by atoms with Crippen molar-refractivity contribution in [3.63, 3.8) is 0 Å². The third-order valence-electron chi connectivity index (χ3n) is 11.8. The molecule has 0 aliphatic carbocycles. The lowest BCUT2D eigenvalue weighted by Gasteiger charge is -2.07. The third-order valence-corrected chi connectivity index (χ3v) is 11.8. The number of imidazole rings is 1. The van der Waals surface area contributed by atoms with Gasteiger partial charge in [0, 0.05) is 6.42 Å². The zero-order chi connectivity index (χ0) is 36.6. The van der Waals surface area contributed by atoms with Crippen LogP contribution < -0.4 is 4.57 Å². The third kappa shape index (κ3) is 32.4. The molecule has 0 unspecified atom stereocenters. The standard InChI is InChI=1S/C49H97N2/c1-4-7-10-13-16-19-22-24-25-26-27-28-31-34-37-40-43-46-51-48-47-50(45-42-39-36-33-30-23-20-17-14-11-8-5-2)49(51)44-41-38-35-32-29-21-18-15-12-9-6-3/h47-48H,4-46H2,1-3H3/q+1. The molecule has 0 aliphatic rings. The Morgan fingerprint density at radius 2 is 0.608 bits per heavy atom. The van der Waals surface area contributed by atoms with Crippen LogP contribution in [0.15, 0.2) is 12.4 Å². The van der Waals surface area contributed by atoms with Crippen LogP contribution in [0.4, 0.5) is 0 Å². The zero-order valence-electron chi connectivity index (χ0n) is 36.0. The lowest BCUT2D eigenvalue weighted by atomic mass is 10.0. The molecule has 0 saturated carbocycles. The molecule has 51 heavy (non-hydrogen) atoms. The van der Waals surface area contributed by atoms with Crippen LogP contribution in [0.1, 0.15) is 283 Å². The molecule has 0 amide bonds. The van der Waals surface area contributed by atoms with Gasteiger partial charge in [-0.05, 0) is 32.1 Å². The topological polar surface area (TPSA) is 8.81 Å². The smallest absolute Gasteiger partial charge is 0.234 e. The van der Waals surface area contributed by atoms with Crippen molar-refractivity contribution in [2.75, 3.05) is 0 Å². The summed E-state index contributed by atoms with van der Waals surface area (Å²) >= 11 is 0. The predicted octanol–water partition coefficient (Wildman–Crippen LogP) is 17.0. The Labute approximate surface area is 323 Å². The summed E-state index contributed by atoms with van der Waals surface area (Å²) in [5.41, 5.74) is 0. The highest BCUT2D eigenvalue weighted by molar-refractivity contribution is 4.84. The number of aryl methyl sites for hydroxylation is 2. The molecule has 302 valence electrons.